The van der Waals surface area contributed by atoms with Gasteiger partial charge in [0.2, 0.25) is 17.7 Å². The molecular weight excluding hydrogens is 418 g/mol. The van der Waals surface area contributed by atoms with Crippen molar-refractivity contribution in [2.45, 2.75) is 52.0 Å². The number of carbonyl (C=O) groups excluding carboxylic acids is 1. The summed E-state index contributed by atoms with van der Waals surface area (Å²) in [5, 5.41) is 12.6. The van der Waals surface area contributed by atoms with Crippen LogP contribution in [-0.2, 0) is 23.2 Å². The second-order valence-electron chi connectivity index (χ2n) is 9.53. The van der Waals surface area contributed by atoms with E-state index < -0.39 is 0 Å². The first-order valence-corrected chi connectivity index (χ1v) is 11.7. The summed E-state index contributed by atoms with van der Waals surface area (Å²) in [4.78, 5) is 17.6. The topological polar surface area (TPSA) is 88.5 Å². The molecule has 1 aromatic carbocycles. The van der Waals surface area contributed by atoms with Crippen LogP contribution in [0.3, 0.4) is 0 Å². The molecule has 8 heteroatoms. The van der Waals surface area contributed by atoms with Gasteiger partial charge in [0, 0.05) is 57.5 Å². The van der Waals surface area contributed by atoms with E-state index in [9.17, 15) is 4.79 Å². The van der Waals surface area contributed by atoms with E-state index in [4.69, 9.17) is 8.94 Å². The molecule has 0 saturated carbocycles. The summed E-state index contributed by atoms with van der Waals surface area (Å²) in [6, 6.07) is 10.5. The van der Waals surface area contributed by atoms with Crippen molar-refractivity contribution in [2.24, 2.45) is 5.92 Å². The lowest BCUT2D eigenvalue weighted by Crippen LogP contribution is -2.51. The molecule has 8 nitrogen and oxygen atoms in total. The average molecular weight is 450 g/mol. The predicted octanol–water partition coefficient (Wildman–Crippen LogP) is 3.22. The number of piperidine rings is 1. The van der Waals surface area contributed by atoms with E-state index in [0.29, 0.717) is 31.8 Å². The Hall–Kier alpha value is -3.00. The lowest BCUT2D eigenvalue weighted by molar-refractivity contribution is -0.133. The first-order valence-electron chi connectivity index (χ1n) is 11.7. The minimum Gasteiger partial charge on any atom is -0.425 e. The Morgan fingerprint density at radius 3 is 2.67 bits per heavy atom. The first-order chi connectivity index (χ1) is 15.9. The molecule has 0 unspecified atom stereocenters. The molecule has 2 aromatic heterocycles. The number of nitrogens with zero attached hydrogens (tertiary/aromatic N) is 5. The Bertz CT molecular complexity index is 1100. The van der Waals surface area contributed by atoms with Crippen molar-refractivity contribution in [3.05, 3.63) is 64.7 Å². The van der Waals surface area contributed by atoms with Gasteiger partial charge in [-0.05, 0) is 32.3 Å². The first kappa shape index (κ1) is 21.8. The molecule has 174 valence electrons. The SMILES string of the molecule is Cc1nnc([C@]23CCN(C(=O)CCc4c(C)noc4C)C[C@H]2CN(Cc2ccccc2)C3)o1. The normalized spacial score (nSPS) is 23.1. The standard InChI is InChI=1S/C25H31N5O3/c1-17-22(18(2)33-28-17)9-10-23(31)30-12-11-25(24-27-26-19(3)32-24)16-29(14-21(25)15-30)13-20-7-5-4-6-8-20/h4-8,21H,9-16H2,1-3H3/t21-,25+/m1/s1. The highest BCUT2D eigenvalue weighted by molar-refractivity contribution is 5.76. The number of benzene rings is 1. The second-order valence-corrected chi connectivity index (χ2v) is 9.53. The van der Waals surface area contributed by atoms with E-state index in [0.717, 1.165) is 49.0 Å². The molecule has 2 fully saturated rings. The molecule has 0 aliphatic carbocycles. The smallest absolute Gasteiger partial charge is 0.224 e. The molecule has 3 aromatic rings. The Labute approximate surface area is 193 Å². The van der Waals surface area contributed by atoms with Crippen LogP contribution in [0.25, 0.3) is 0 Å². The van der Waals surface area contributed by atoms with E-state index in [1.807, 2.05) is 31.7 Å². The number of aromatic nitrogens is 3. The summed E-state index contributed by atoms with van der Waals surface area (Å²) in [6.07, 6.45) is 1.97. The zero-order chi connectivity index (χ0) is 23.0. The summed E-state index contributed by atoms with van der Waals surface area (Å²) in [5.41, 5.74) is 3.01. The fourth-order valence-electron chi connectivity index (χ4n) is 5.57. The number of hydrogen-bond acceptors (Lipinski definition) is 7. The van der Waals surface area contributed by atoms with Crippen LogP contribution in [0.2, 0.25) is 0 Å². The van der Waals surface area contributed by atoms with Crippen LogP contribution in [0.1, 0.15) is 47.2 Å². The zero-order valence-corrected chi connectivity index (χ0v) is 19.6. The van der Waals surface area contributed by atoms with Gasteiger partial charge < -0.3 is 13.8 Å². The number of carbonyl (C=O) groups is 1. The van der Waals surface area contributed by atoms with Gasteiger partial charge in [0.25, 0.3) is 0 Å². The van der Waals surface area contributed by atoms with E-state index in [-0.39, 0.29) is 17.2 Å². The Balaban J connectivity index is 1.31. The molecule has 4 heterocycles. The summed E-state index contributed by atoms with van der Waals surface area (Å²) >= 11 is 0. The fraction of sp³-hybridized carbons (Fsp3) is 0.520. The third-order valence-electron chi connectivity index (χ3n) is 7.36. The number of rotatable bonds is 6. The van der Waals surface area contributed by atoms with E-state index in [2.05, 4.69) is 44.5 Å². The lowest BCUT2D eigenvalue weighted by Gasteiger charge is -2.41. The van der Waals surface area contributed by atoms with Gasteiger partial charge in [0.05, 0.1) is 11.1 Å². The van der Waals surface area contributed by atoms with Gasteiger partial charge in [-0.3, -0.25) is 9.69 Å². The van der Waals surface area contributed by atoms with Crippen LogP contribution in [0.4, 0.5) is 0 Å². The van der Waals surface area contributed by atoms with Crippen molar-refractivity contribution < 1.29 is 13.7 Å². The quantitative estimate of drug-likeness (QED) is 0.571. The van der Waals surface area contributed by atoms with Crippen molar-refractivity contribution in [2.75, 3.05) is 26.2 Å². The number of likely N-dealkylation sites (tertiary alicyclic amines) is 2. The largest absolute Gasteiger partial charge is 0.425 e. The third kappa shape index (κ3) is 4.19. The van der Waals surface area contributed by atoms with Crippen LogP contribution >= 0.6 is 0 Å². The van der Waals surface area contributed by atoms with Crippen molar-refractivity contribution in [3.8, 4) is 0 Å². The number of hydrogen-bond donors (Lipinski definition) is 0. The van der Waals surface area contributed by atoms with Crippen molar-refractivity contribution in [3.63, 3.8) is 0 Å². The molecule has 2 saturated heterocycles. The highest BCUT2D eigenvalue weighted by Gasteiger charge is 2.54. The maximum Gasteiger partial charge on any atom is 0.224 e. The van der Waals surface area contributed by atoms with Gasteiger partial charge in [0.1, 0.15) is 5.76 Å². The predicted molar refractivity (Wildman–Crippen MR) is 121 cm³/mol. The monoisotopic (exact) mass is 449 g/mol. The third-order valence-corrected chi connectivity index (χ3v) is 7.36. The fourth-order valence-corrected chi connectivity index (χ4v) is 5.57. The highest BCUT2D eigenvalue weighted by Crippen LogP contribution is 2.45. The number of amides is 1. The molecule has 2 aliphatic rings. The average Bonchev–Trinajstić information content (AvgIpc) is 3.49. The molecule has 0 radical (unpaired) electrons. The molecule has 0 bridgehead atoms. The van der Waals surface area contributed by atoms with E-state index in [1.165, 1.54) is 5.56 Å². The van der Waals surface area contributed by atoms with Crippen molar-refractivity contribution in [1.82, 2.24) is 25.2 Å². The highest BCUT2D eigenvalue weighted by atomic mass is 16.5. The Morgan fingerprint density at radius 2 is 1.97 bits per heavy atom. The maximum absolute atomic E-state index is 13.1. The molecule has 33 heavy (non-hydrogen) atoms. The van der Waals surface area contributed by atoms with E-state index >= 15 is 0 Å². The van der Waals surface area contributed by atoms with Gasteiger partial charge in [-0.1, -0.05) is 35.5 Å². The van der Waals surface area contributed by atoms with Crippen LogP contribution in [-0.4, -0.2) is 57.2 Å². The van der Waals surface area contributed by atoms with Gasteiger partial charge in [-0.25, -0.2) is 0 Å². The van der Waals surface area contributed by atoms with Crippen LogP contribution in [0.5, 0.6) is 0 Å². The summed E-state index contributed by atoms with van der Waals surface area (Å²) < 4.78 is 11.2. The molecule has 0 spiro atoms. The maximum atomic E-state index is 13.1. The van der Waals surface area contributed by atoms with Crippen LogP contribution < -0.4 is 0 Å². The Morgan fingerprint density at radius 1 is 1.15 bits per heavy atom. The minimum atomic E-state index is -0.200. The van der Waals surface area contributed by atoms with Crippen LogP contribution in [0, 0.1) is 26.7 Å². The van der Waals surface area contributed by atoms with Crippen LogP contribution in [0.15, 0.2) is 39.3 Å². The van der Waals surface area contributed by atoms with Crippen molar-refractivity contribution in [1.29, 1.82) is 0 Å². The zero-order valence-electron chi connectivity index (χ0n) is 19.6. The van der Waals surface area contributed by atoms with Gasteiger partial charge in [-0.2, -0.15) is 0 Å². The Kier molecular flexibility index (Phi) is 5.78. The number of aryl methyl sites for hydroxylation is 3. The van der Waals surface area contributed by atoms with Gasteiger partial charge in [-0.15, -0.1) is 10.2 Å². The molecular formula is C25H31N5O3. The summed E-state index contributed by atoms with van der Waals surface area (Å²) in [6.45, 7) is 9.75. The number of fused-ring (bicyclic) bond motifs is 1. The molecule has 0 N–H and O–H groups in total. The van der Waals surface area contributed by atoms with Gasteiger partial charge >= 0.3 is 0 Å². The van der Waals surface area contributed by atoms with Crippen molar-refractivity contribution >= 4 is 5.91 Å². The molecule has 1 amide bonds. The lowest BCUT2D eigenvalue weighted by atomic mass is 9.72. The second kappa shape index (κ2) is 8.74. The van der Waals surface area contributed by atoms with Gasteiger partial charge in [0.15, 0.2) is 0 Å². The summed E-state index contributed by atoms with van der Waals surface area (Å²) in [7, 11) is 0. The molecule has 2 atom stereocenters. The molecule has 2 aliphatic heterocycles. The molecule has 5 rings (SSSR count). The van der Waals surface area contributed by atoms with E-state index in [1.54, 1.807) is 0 Å². The minimum absolute atomic E-state index is 0.187. The summed E-state index contributed by atoms with van der Waals surface area (Å²) in [5.74, 6) is 2.57.